The number of carboxylic acids is 1. The molecule has 6 nitrogen and oxygen atoms in total. The summed E-state index contributed by atoms with van der Waals surface area (Å²) in [5, 5.41) is 11.7. The number of carbonyl (C=O) groups excluding carboxylic acids is 1. The van der Waals surface area contributed by atoms with Crippen molar-refractivity contribution < 1.29 is 14.7 Å². The third-order valence-electron chi connectivity index (χ3n) is 3.00. The normalized spacial score (nSPS) is 12.6. The quantitative estimate of drug-likeness (QED) is 0.673. The minimum Gasteiger partial charge on any atom is -0.480 e. The molecule has 0 aliphatic rings. The Morgan fingerprint density at radius 2 is 1.65 bits per heavy atom. The number of urea groups is 1. The van der Waals surface area contributed by atoms with Crippen LogP contribution in [0.3, 0.4) is 0 Å². The highest BCUT2D eigenvalue weighted by Gasteiger charge is 2.19. The molecule has 0 aliphatic heterocycles. The molecular weight excluding hydrogens is 258 g/mol. The van der Waals surface area contributed by atoms with E-state index in [1.807, 2.05) is 20.8 Å². The number of hydrogen-bond acceptors (Lipinski definition) is 3. The number of hydrogen-bond donors (Lipinski definition) is 2. The summed E-state index contributed by atoms with van der Waals surface area (Å²) in [5.74, 6) is -0.754. The molecule has 0 fully saturated rings. The molecular formula is C14H29N3O3. The summed E-state index contributed by atoms with van der Waals surface area (Å²) >= 11 is 0. The zero-order valence-electron chi connectivity index (χ0n) is 13.3. The van der Waals surface area contributed by atoms with Crippen molar-refractivity contribution in [3.05, 3.63) is 0 Å². The van der Waals surface area contributed by atoms with Crippen molar-refractivity contribution in [2.24, 2.45) is 5.92 Å². The molecule has 0 rings (SSSR count). The maximum atomic E-state index is 12.1. The Hall–Kier alpha value is -1.30. The van der Waals surface area contributed by atoms with Gasteiger partial charge < -0.3 is 20.2 Å². The summed E-state index contributed by atoms with van der Waals surface area (Å²) in [6.07, 6.45) is 0. The van der Waals surface area contributed by atoms with E-state index in [1.165, 1.54) is 4.90 Å². The topological polar surface area (TPSA) is 72.9 Å². The van der Waals surface area contributed by atoms with Crippen LogP contribution in [0.25, 0.3) is 0 Å². The molecule has 0 aromatic heterocycles. The summed E-state index contributed by atoms with van der Waals surface area (Å²) in [6, 6.07) is -0.313. The summed E-state index contributed by atoms with van der Waals surface area (Å²) < 4.78 is 0. The number of rotatable bonds is 9. The van der Waals surface area contributed by atoms with Crippen LogP contribution in [-0.4, -0.2) is 65.7 Å². The van der Waals surface area contributed by atoms with Crippen LogP contribution in [-0.2, 0) is 4.79 Å². The van der Waals surface area contributed by atoms with E-state index in [-0.39, 0.29) is 24.5 Å². The highest BCUT2D eigenvalue weighted by molar-refractivity contribution is 5.80. The smallest absolute Gasteiger partial charge is 0.323 e. The molecule has 0 bridgehead atoms. The molecule has 20 heavy (non-hydrogen) atoms. The van der Waals surface area contributed by atoms with Gasteiger partial charge in [-0.15, -0.1) is 0 Å². The van der Waals surface area contributed by atoms with E-state index in [1.54, 1.807) is 0 Å². The van der Waals surface area contributed by atoms with E-state index in [0.717, 1.165) is 19.6 Å². The first-order valence-corrected chi connectivity index (χ1v) is 7.29. The van der Waals surface area contributed by atoms with Crippen LogP contribution in [0.15, 0.2) is 0 Å². The number of carboxylic acid groups (broad SMARTS) is 1. The number of nitrogens with one attached hydrogen (secondary N) is 1. The van der Waals surface area contributed by atoms with Crippen LogP contribution in [0.4, 0.5) is 4.79 Å². The minimum absolute atomic E-state index is 0.00847. The van der Waals surface area contributed by atoms with Crippen molar-refractivity contribution in [3.63, 3.8) is 0 Å². The molecule has 0 aromatic rings. The highest BCUT2D eigenvalue weighted by Crippen LogP contribution is 2.01. The van der Waals surface area contributed by atoms with Gasteiger partial charge in [-0.1, -0.05) is 27.7 Å². The van der Waals surface area contributed by atoms with Crippen molar-refractivity contribution in [2.45, 2.75) is 40.7 Å². The van der Waals surface area contributed by atoms with Gasteiger partial charge in [0.15, 0.2) is 0 Å². The van der Waals surface area contributed by atoms with Crippen molar-refractivity contribution in [3.8, 4) is 0 Å². The lowest BCUT2D eigenvalue weighted by Gasteiger charge is -2.27. The van der Waals surface area contributed by atoms with Gasteiger partial charge in [-0.2, -0.15) is 0 Å². The summed E-state index contributed by atoms with van der Waals surface area (Å²) in [6.45, 7) is 12.8. The van der Waals surface area contributed by atoms with Crippen LogP contribution < -0.4 is 5.32 Å². The van der Waals surface area contributed by atoms with Gasteiger partial charge in [0.1, 0.15) is 6.54 Å². The molecule has 1 atom stereocenters. The zero-order valence-corrected chi connectivity index (χ0v) is 13.3. The van der Waals surface area contributed by atoms with Gasteiger partial charge in [0.25, 0.3) is 0 Å². The highest BCUT2D eigenvalue weighted by atomic mass is 16.4. The first kappa shape index (κ1) is 18.7. The van der Waals surface area contributed by atoms with E-state index in [2.05, 4.69) is 24.1 Å². The first-order chi connectivity index (χ1) is 9.29. The molecule has 0 aromatic carbocycles. The van der Waals surface area contributed by atoms with Crippen LogP contribution in [0.5, 0.6) is 0 Å². The molecule has 0 heterocycles. The lowest BCUT2D eigenvalue weighted by molar-refractivity contribution is -0.137. The first-order valence-electron chi connectivity index (χ1n) is 7.29. The van der Waals surface area contributed by atoms with Crippen molar-refractivity contribution in [2.75, 3.05) is 32.7 Å². The number of nitrogens with zero attached hydrogens (tertiary/aromatic N) is 2. The Morgan fingerprint density at radius 3 is 2.05 bits per heavy atom. The van der Waals surface area contributed by atoms with Crippen molar-refractivity contribution in [1.29, 1.82) is 0 Å². The number of amides is 2. The second kappa shape index (κ2) is 9.58. The monoisotopic (exact) mass is 287 g/mol. The summed E-state index contributed by atoms with van der Waals surface area (Å²) in [5.41, 5.74) is 0. The maximum absolute atomic E-state index is 12.1. The average molecular weight is 287 g/mol. The number of likely N-dealkylation sites (N-methyl/N-ethyl adjacent to an activating group) is 1. The molecule has 0 spiro atoms. The van der Waals surface area contributed by atoms with Crippen LogP contribution in [0, 0.1) is 5.92 Å². The Morgan fingerprint density at radius 1 is 1.10 bits per heavy atom. The number of aliphatic carboxylic acids is 1. The second-order valence-corrected chi connectivity index (χ2v) is 5.50. The Balaban J connectivity index is 4.46. The molecule has 1 unspecified atom stereocenters. The van der Waals surface area contributed by atoms with Gasteiger partial charge in [-0.3, -0.25) is 4.79 Å². The largest absolute Gasteiger partial charge is 0.480 e. The van der Waals surface area contributed by atoms with E-state index < -0.39 is 5.97 Å². The van der Waals surface area contributed by atoms with Crippen LogP contribution in [0.2, 0.25) is 0 Å². The standard InChI is InChI=1S/C14H29N3O3/c1-6-16(7-2)9-12(5)15-14(20)17(8-11(3)4)10-13(18)19/h11-12H,6-10H2,1-5H3,(H,15,20)(H,18,19). The molecule has 0 saturated heterocycles. The Kier molecular flexibility index (Phi) is 8.96. The minimum atomic E-state index is -0.989. The molecule has 0 aliphatic carbocycles. The van der Waals surface area contributed by atoms with Gasteiger partial charge in [0.2, 0.25) is 0 Å². The molecule has 2 N–H and O–H groups in total. The molecule has 0 saturated carbocycles. The van der Waals surface area contributed by atoms with E-state index in [4.69, 9.17) is 5.11 Å². The molecule has 2 amide bonds. The van der Waals surface area contributed by atoms with E-state index in [9.17, 15) is 9.59 Å². The number of carbonyl (C=O) groups is 2. The van der Waals surface area contributed by atoms with Gasteiger partial charge in [-0.05, 0) is 25.9 Å². The maximum Gasteiger partial charge on any atom is 0.323 e. The van der Waals surface area contributed by atoms with E-state index in [0.29, 0.717) is 6.54 Å². The van der Waals surface area contributed by atoms with Crippen molar-refractivity contribution >= 4 is 12.0 Å². The SMILES string of the molecule is CCN(CC)CC(C)NC(=O)N(CC(=O)O)CC(C)C. The van der Waals surface area contributed by atoms with Crippen LogP contribution >= 0.6 is 0 Å². The summed E-state index contributed by atoms with van der Waals surface area (Å²) in [7, 11) is 0. The fraction of sp³-hybridized carbons (Fsp3) is 0.857. The Bertz CT molecular complexity index is 304. The van der Waals surface area contributed by atoms with Gasteiger partial charge in [0.05, 0.1) is 0 Å². The Labute approximate surface area is 122 Å². The zero-order chi connectivity index (χ0) is 15.7. The summed E-state index contributed by atoms with van der Waals surface area (Å²) in [4.78, 5) is 26.5. The molecule has 118 valence electrons. The fourth-order valence-electron chi connectivity index (χ4n) is 2.04. The van der Waals surface area contributed by atoms with Crippen molar-refractivity contribution in [1.82, 2.24) is 15.1 Å². The van der Waals surface area contributed by atoms with Gasteiger partial charge in [0, 0.05) is 19.1 Å². The lowest BCUT2D eigenvalue weighted by atomic mass is 10.2. The third kappa shape index (κ3) is 7.99. The van der Waals surface area contributed by atoms with E-state index >= 15 is 0 Å². The van der Waals surface area contributed by atoms with Gasteiger partial charge in [-0.25, -0.2) is 4.79 Å². The fourth-order valence-corrected chi connectivity index (χ4v) is 2.04. The second-order valence-electron chi connectivity index (χ2n) is 5.50. The lowest BCUT2D eigenvalue weighted by Crippen LogP contribution is -2.50. The molecule has 6 heteroatoms. The van der Waals surface area contributed by atoms with Gasteiger partial charge >= 0.3 is 12.0 Å². The third-order valence-corrected chi connectivity index (χ3v) is 3.00. The predicted molar refractivity (Wildman–Crippen MR) is 79.8 cm³/mol. The predicted octanol–water partition coefficient (Wildman–Crippen LogP) is 1.47. The molecule has 0 radical (unpaired) electrons. The van der Waals surface area contributed by atoms with Crippen LogP contribution in [0.1, 0.15) is 34.6 Å². The average Bonchev–Trinajstić information content (AvgIpc) is 2.33.